The summed E-state index contributed by atoms with van der Waals surface area (Å²) in [5, 5.41) is 6.48. The first kappa shape index (κ1) is 12.1. The fraction of sp³-hybridized carbons (Fsp3) is 0.667. The van der Waals surface area contributed by atoms with Crippen LogP contribution < -0.4 is 0 Å². The van der Waals surface area contributed by atoms with Gasteiger partial charge in [-0.1, -0.05) is 0 Å². The molecule has 0 radical (unpaired) electrons. The molecule has 1 saturated carbocycles. The third kappa shape index (κ3) is 2.45. The number of H-pyrrole nitrogens is 1. The highest BCUT2D eigenvalue weighted by Gasteiger charge is 2.42. The molecule has 1 unspecified atom stereocenters. The van der Waals surface area contributed by atoms with E-state index in [0.717, 1.165) is 12.8 Å². The minimum absolute atomic E-state index is 0.00731. The summed E-state index contributed by atoms with van der Waals surface area (Å²) in [6, 6.07) is 0.393. The Labute approximate surface area is 111 Å². The second-order valence-electron chi connectivity index (χ2n) is 5.30. The average Bonchev–Trinajstić information content (AvgIpc) is 2.96. The van der Waals surface area contributed by atoms with Crippen molar-refractivity contribution in [2.24, 2.45) is 5.92 Å². The first-order valence-electron chi connectivity index (χ1n) is 6.54. The molecule has 2 heterocycles. The van der Waals surface area contributed by atoms with Crippen LogP contribution in [-0.4, -0.2) is 56.4 Å². The van der Waals surface area contributed by atoms with Gasteiger partial charge in [0.05, 0.1) is 12.5 Å². The zero-order chi connectivity index (χ0) is 13.4. The van der Waals surface area contributed by atoms with Crippen LogP contribution in [0.1, 0.15) is 25.1 Å². The maximum atomic E-state index is 12.3. The van der Waals surface area contributed by atoms with Gasteiger partial charge >= 0.3 is 0 Å². The summed E-state index contributed by atoms with van der Waals surface area (Å²) in [5.41, 5.74) is 0. The topological polar surface area (TPSA) is 82.2 Å². The van der Waals surface area contributed by atoms with Gasteiger partial charge < -0.3 is 9.80 Å². The van der Waals surface area contributed by atoms with Crippen LogP contribution in [0.15, 0.2) is 6.33 Å². The van der Waals surface area contributed by atoms with Crippen molar-refractivity contribution in [1.29, 1.82) is 0 Å². The van der Waals surface area contributed by atoms with E-state index < -0.39 is 0 Å². The standard InChI is InChI=1S/C12H17N5O2/c1-16(6-10-13-7-14-15-10)12(19)8-4-11(18)17(5-8)9-2-3-9/h7-9H,2-6H2,1H3,(H,13,14,15). The summed E-state index contributed by atoms with van der Waals surface area (Å²) >= 11 is 0. The van der Waals surface area contributed by atoms with Crippen molar-refractivity contribution in [2.75, 3.05) is 13.6 Å². The van der Waals surface area contributed by atoms with E-state index in [4.69, 9.17) is 0 Å². The Morgan fingerprint density at radius 3 is 3.00 bits per heavy atom. The summed E-state index contributed by atoms with van der Waals surface area (Å²) in [6.07, 6.45) is 3.93. The van der Waals surface area contributed by atoms with Crippen molar-refractivity contribution in [1.82, 2.24) is 25.0 Å². The zero-order valence-corrected chi connectivity index (χ0v) is 10.9. The quantitative estimate of drug-likeness (QED) is 0.813. The molecule has 2 amide bonds. The average molecular weight is 263 g/mol. The Bertz CT molecular complexity index is 482. The van der Waals surface area contributed by atoms with Gasteiger partial charge in [-0.2, -0.15) is 5.10 Å². The van der Waals surface area contributed by atoms with Gasteiger partial charge in [-0.3, -0.25) is 14.7 Å². The van der Waals surface area contributed by atoms with Crippen molar-refractivity contribution in [3.05, 3.63) is 12.2 Å². The van der Waals surface area contributed by atoms with Crippen LogP contribution in [0.3, 0.4) is 0 Å². The molecule has 0 aromatic carbocycles. The van der Waals surface area contributed by atoms with Crippen LogP contribution >= 0.6 is 0 Å². The molecule has 102 valence electrons. The third-order valence-corrected chi connectivity index (χ3v) is 3.72. The molecule has 1 aliphatic carbocycles. The molecule has 0 bridgehead atoms. The lowest BCUT2D eigenvalue weighted by Crippen LogP contribution is -2.35. The molecule has 1 aromatic heterocycles. The molecule has 19 heavy (non-hydrogen) atoms. The fourth-order valence-electron chi connectivity index (χ4n) is 2.56. The number of carbonyl (C=O) groups is 2. The number of amides is 2. The van der Waals surface area contributed by atoms with Gasteiger partial charge in [-0.25, -0.2) is 4.98 Å². The predicted molar refractivity (Wildman–Crippen MR) is 65.7 cm³/mol. The number of hydrogen-bond acceptors (Lipinski definition) is 4. The van der Waals surface area contributed by atoms with E-state index in [9.17, 15) is 9.59 Å². The van der Waals surface area contributed by atoms with Gasteiger partial charge in [-0.05, 0) is 12.8 Å². The molecular weight excluding hydrogens is 246 g/mol. The van der Waals surface area contributed by atoms with Crippen LogP contribution in [0.2, 0.25) is 0 Å². The molecule has 3 rings (SSSR count). The molecule has 7 heteroatoms. The van der Waals surface area contributed by atoms with Gasteiger partial charge in [-0.15, -0.1) is 0 Å². The second kappa shape index (κ2) is 4.64. The number of nitrogens with one attached hydrogen (secondary N) is 1. The number of likely N-dealkylation sites (tertiary alicyclic amines) is 1. The van der Waals surface area contributed by atoms with E-state index in [1.807, 2.05) is 4.90 Å². The van der Waals surface area contributed by atoms with E-state index in [-0.39, 0.29) is 17.7 Å². The number of aromatic nitrogens is 3. The first-order chi connectivity index (χ1) is 9.15. The van der Waals surface area contributed by atoms with Crippen molar-refractivity contribution in [3.63, 3.8) is 0 Å². The van der Waals surface area contributed by atoms with E-state index >= 15 is 0 Å². The monoisotopic (exact) mass is 263 g/mol. The smallest absolute Gasteiger partial charge is 0.228 e. The summed E-state index contributed by atoms with van der Waals surface area (Å²) in [6.45, 7) is 0.968. The van der Waals surface area contributed by atoms with Crippen LogP contribution in [0.4, 0.5) is 0 Å². The van der Waals surface area contributed by atoms with E-state index in [0.29, 0.717) is 31.4 Å². The Morgan fingerprint density at radius 2 is 2.37 bits per heavy atom. The number of nitrogens with zero attached hydrogens (tertiary/aromatic N) is 4. The van der Waals surface area contributed by atoms with Gasteiger partial charge in [0.15, 0.2) is 0 Å². The summed E-state index contributed by atoms with van der Waals surface area (Å²) in [5.74, 6) is 0.571. The molecule has 1 N–H and O–H groups in total. The lowest BCUT2D eigenvalue weighted by atomic mass is 10.1. The maximum absolute atomic E-state index is 12.3. The van der Waals surface area contributed by atoms with Gasteiger partial charge in [0, 0.05) is 26.1 Å². The maximum Gasteiger partial charge on any atom is 0.228 e. The number of hydrogen-bond donors (Lipinski definition) is 1. The van der Waals surface area contributed by atoms with Crippen molar-refractivity contribution >= 4 is 11.8 Å². The van der Waals surface area contributed by atoms with Crippen molar-refractivity contribution in [2.45, 2.75) is 31.8 Å². The fourth-order valence-corrected chi connectivity index (χ4v) is 2.56. The summed E-state index contributed by atoms with van der Waals surface area (Å²) in [4.78, 5) is 31.6. The second-order valence-corrected chi connectivity index (χ2v) is 5.30. The molecule has 0 spiro atoms. The van der Waals surface area contributed by atoms with Crippen LogP contribution in [0.25, 0.3) is 0 Å². The number of rotatable bonds is 4. The molecule has 1 atom stereocenters. The lowest BCUT2D eigenvalue weighted by molar-refractivity contribution is -0.135. The zero-order valence-electron chi connectivity index (χ0n) is 10.9. The highest BCUT2D eigenvalue weighted by molar-refractivity contribution is 5.89. The predicted octanol–water partition coefficient (Wildman–Crippen LogP) is -0.226. The SMILES string of the molecule is CN(Cc1ncn[nH]1)C(=O)C1CC(=O)N(C2CC2)C1. The van der Waals surface area contributed by atoms with Gasteiger partial charge in [0.1, 0.15) is 12.2 Å². The minimum Gasteiger partial charge on any atom is -0.339 e. The lowest BCUT2D eigenvalue weighted by Gasteiger charge is -2.20. The molecule has 2 aliphatic rings. The highest BCUT2D eigenvalue weighted by atomic mass is 16.2. The summed E-state index contributed by atoms with van der Waals surface area (Å²) < 4.78 is 0. The van der Waals surface area contributed by atoms with E-state index in [1.54, 1.807) is 11.9 Å². The normalized spacial score (nSPS) is 22.9. The third-order valence-electron chi connectivity index (χ3n) is 3.72. The van der Waals surface area contributed by atoms with E-state index in [1.165, 1.54) is 6.33 Å². The highest BCUT2D eigenvalue weighted by Crippen LogP contribution is 2.33. The van der Waals surface area contributed by atoms with Crippen LogP contribution in [-0.2, 0) is 16.1 Å². The Hall–Kier alpha value is -1.92. The molecule has 7 nitrogen and oxygen atoms in total. The van der Waals surface area contributed by atoms with E-state index in [2.05, 4.69) is 15.2 Å². The molecule has 1 saturated heterocycles. The molecule has 1 aliphatic heterocycles. The number of aromatic amines is 1. The number of carbonyl (C=O) groups excluding carboxylic acids is 2. The molecular formula is C12H17N5O2. The molecule has 2 fully saturated rings. The Kier molecular flexibility index (Phi) is 2.96. The Balaban J connectivity index is 1.59. The largest absolute Gasteiger partial charge is 0.339 e. The van der Waals surface area contributed by atoms with Crippen LogP contribution in [0.5, 0.6) is 0 Å². The van der Waals surface area contributed by atoms with Crippen LogP contribution in [0, 0.1) is 5.92 Å². The van der Waals surface area contributed by atoms with Crippen molar-refractivity contribution in [3.8, 4) is 0 Å². The first-order valence-corrected chi connectivity index (χ1v) is 6.54. The minimum atomic E-state index is -0.207. The van der Waals surface area contributed by atoms with Crippen molar-refractivity contribution < 1.29 is 9.59 Å². The Morgan fingerprint density at radius 1 is 1.58 bits per heavy atom. The molecule has 1 aromatic rings. The van der Waals surface area contributed by atoms with Gasteiger partial charge in [0.25, 0.3) is 0 Å². The van der Waals surface area contributed by atoms with Gasteiger partial charge in [0.2, 0.25) is 11.8 Å². The summed E-state index contributed by atoms with van der Waals surface area (Å²) in [7, 11) is 1.73.